The highest BCUT2D eigenvalue weighted by Crippen LogP contribution is 1.81. The molecule has 0 fully saturated rings. The molecule has 0 heteroatoms. The zero-order valence-electron chi connectivity index (χ0n) is 24.6. The fraction of sp³-hybridized carbons (Fsp3) is 1.00. The molecule has 176 valence electrons. The SMILES string of the molecule is CC.CC.CC.CC.CC.CC.CC(C)C.CC(C)C.CCC.CCC. The van der Waals surface area contributed by atoms with E-state index >= 15 is 0 Å². The highest BCUT2D eigenvalue weighted by atomic mass is 13.7. The molecule has 0 nitrogen and oxygen atoms in total. The third-order valence-corrected chi connectivity index (χ3v) is 0. The van der Waals surface area contributed by atoms with Crippen LogP contribution in [0.4, 0.5) is 0 Å². The largest absolute Gasteiger partial charge is 0.0683 e. The fourth-order valence-electron chi connectivity index (χ4n) is 0. The quantitative estimate of drug-likeness (QED) is 0.389. The molecule has 0 aliphatic rings. The van der Waals surface area contributed by atoms with Crippen LogP contribution < -0.4 is 0 Å². The first-order chi connectivity index (χ1) is 12.3. The molecule has 0 radical (unpaired) electrons. The van der Waals surface area contributed by atoms with Gasteiger partial charge < -0.3 is 0 Å². The Bertz CT molecular complexity index is 30.5. The molecule has 0 saturated carbocycles. The zero-order valence-corrected chi connectivity index (χ0v) is 24.6. The van der Waals surface area contributed by atoms with Crippen LogP contribution in [0.15, 0.2) is 0 Å². The Kier molecular flexibility index (Phi) is 549. The van der Waals surface area contributed by atoms with Crippen LogP contribution >= 0.6 is 0 Å². The van der Waals surface area contributed by atoms with Crippen molar-refractivity contribution in [1.82, 2.24) is 0 Å². The van der Waals surface area contributed by atoms with Crippen molar-refractivity contribution in [2.75, 3.05) is 0 Å². The van der Waals surface area contributed by atoms with Crippen molar-refractivity contribution < 1.29 is 0 Å². The van der Waals surface area contributed by atoms with Crippen molar-refractivity contribution in [2.24, 2.45) is 11.8 Å². The summed E-state index contributed by atoms with van der Waals surface area (Å²) in [6.45, 7) is 45.5. The highest BCUT2D eigenvalue weighted by Gasteiger charge is 1.68. The van der Waals surface area contributed by atoms with Crippen molar-refractivity contribution in [1.29, 1.82) is 0 Å². The summed E-state index contributed by atoms with van der Waals surface area (Å²) >= 11 is 0. The fourth-order valence-corrected chi connectivity index (χ4v) is 0. The van der Waals surface area contributed by atoms with Gasteiger partial charge in [-0.25, -0.2) is 0 Å². The Morgan fingerprint density at radius 3 is 0.308 bits per heavy atom. The first kappa shape index (κ1) is 63.5. The van der Waals surface area contributed by atoms with E-state index in [4.69, 9.17) is 0 Å². The van der Waals surface area contributed by atoms with E-state index in [9.17, 15) is 0 Å². The summed E-state index contributed by atoms with van der Waals surface area (Å²) in [7, 11) is 0. The molecule has 0 unspecified atom stereocenters. The Hall–Kier alpha value is 0. The van der Waals surface area contributed by atoms with E-state index in [-0.39, 0.29) is 0 Å². The molecule has 0 aromatic rings. The number of hydrogen-bond acceptors (Lipinski definition) is 0. The molecule has 0 spiro atoms. The maximum atomic E-state index is 2.17. The van der Waals surface area contributed by atoms with Crippen molar-refractivity contribution in [2.45, 2.75) is 165 Å². The lowest BCUT2D eigenvalue weighted by molar-refractivity contribution is 0.736. The average Bonchev–Trinajstić information content (AvgIpc) is 2.65. The third kappa shape index (κ3) is 0. The molecule has 0 saturated heterocycles. The Labute approximate surface area is 177 Å². The molecular weight excluding hydrogens is 312 g/mol. The molecule has 26 heavy (non-hydrogen) atoms. The van der Waals surface area contributed by atoms with Crippen molar-refractivity contribution in [3.8, 4) is 0 Å². The number of hydrogen-bond donors (Lipinski definition) is 0. The average molecular weight is 385 g/mol. The van der Waals surface area contributed by atoms with Gasteiger partial charge in [-0.05, 0) is 11.8 Å². The van der Waals surface area contributed by atoms with Crippen LogP contribution in [-0.2, 0) is 0 Å². The van der Waals surface area contributed by atoms with Crippen LogP contribution in [0.1, 0.15) is 165 Å². The van der Waals surface area contributed by atoms with Crippen LogP contribution in [0.3, 0.4) is 0 Å². The standard InChI is InChI=1S/2C4H10.2C3H8.6C2H6/c2*1-4(2)3;2*1-3-2;6*1-2/h2*4H,1-3H3;2*3H2,1-2H3;6*1-2H3. The zero-order chi connectivity index (χ0) is 24.6. The second kappa shape index (κ2) is 225. The second-order valence-electron chi connectivity index (χ2n) is 4.88. The van der Waals surface area contributed by atoms with E-state index in [1.807, 2.05) is 83.1 Å². The lowest BCUT2D eigenvalue weighted by atomic mass is 10.3. The minimum atomic E-state index is 0.833. The molecule has 0 aromatic heterocycles. The van der Waals surface area contributed by atoms with Gasteiger partial charge in [-0.2, -0.15) is 0 Å². The molecule has 0 heterocycles. The van der Waals surface area contributed by atoms with E-state index in [1.165, 1.54) is 12.8 Å². The number of rotatable bonds is 0. The van der Waals surface area contributed by atoms with Crippen LogP contribution in [0.5, 0.6) is 0 Å². The van der Waals surface area contributed by atoms with Gasteiger partial charge in [-0.1, -0.05) is 165 Å². The smallest absolute Gasteiger partial charge is 0.0500 e. The molecule has 0 atom stereocenters. The van der Waals surface area contributed by atoms with Crippen molar-refractivity contribution >= 4 is 0 Å². The van der Waals surface area contributed by atoms with Gasteiger partial charge in [-0.15, -0.1) is 0 Å². The third-order valence-electron chi connectivity index (χ3n) is 0. The van der Waals surface area contributed by atoms with Crippen LogP contribution in [0.2, 0.25) is 0 Å². The van der Waals surface area contributed by atoms with Crippen LogP contribution in [-0.4, -0.2) is 0 Å². The summed E-state index contributed by atoms with van der Waals surface area (Å²) in [4.78, 5) is 0. The molecule has 0 aliphatic heterocycles. The lowest BCUT2D eigenvalue weighted by Crippen LogP contribution is -1.66. The minimum absolute atomic E-state index is 0.833. The highest BCUT2D eigenvalue weighted by molar-refractivity contribution is 4.21. The molecule has 0 bridgehead atoms. The van der Waals surface area contributed by atoms with E-state index in [0.29, 0.717) is 0 Å². The molecule has 0 aliphatic carbocycles. The van der Waals surface area contributed by atoms with Gasteiger partial charge in [-0.3, -0.25) is 0 Å². The summed E-state index contributed by atoms with van der Waals surface area (Å²) < 4.78 is 0. The molecule has 0 aromatic carbocycles. The Balaban J connectivity index is -0.0000000139. The van der Waals surface area contributed by atoms with E-state index < -0.39 is 0 Å². The Morgan fingerprint density at radius 2 is 0.308 bits per heavy atom. The molecule has 0 N–H and O–H groups in total. The van der Waals surface area contributed by atoms with Crippen molar-refractivity contribution in [3.63, 3.8) is 0 Å². The van der Waals surface area contributed by atoms with E-state index in [2.05, 4.69) is 69.2 Å². The first-order valence-electron chi connectivity index (χ1n) is 12.3. The van der Waals surface area contributed by atoms with E-state index in [0.717, 1.165) is 11.8 Å². The second-order valence-corrected chi connectivity index (χ2v) is 4.88. The van der Waals surface area contributed by atoms with E-state index in [1.54, 1.807) is 0 Å². The van der Waals surface area contributed by atoms with Gasteiger partial charge in [0.1, 0.15) is 0 Å². The first-order valence-corrected chi connectivity index (χ1v) is 12.3. The predicted octanol–water partition coefficient (Wildman–Crippen LogP) is 12.3. The summed E-state index contributed by atoms with van der Waals surface area (Å²) in [6, 6.07) is 0. The maximum Gasteiger partial charge on any atom is -0.0500 e. The van der Waals surface area contributed by atoms with Gasteiger partial charge in [0.05, 0.1) is 0 Å². The normalized spacial score (nSPS) is 5.54. The van der Waals surface area contributed by atoms with Crippen LogP contribution in [0, 0.1) is 11.8 Å². The summed E-state index contributed by atoms with van der Waals surface area (Å²) in [5.74, 6) is 1.67. The Morgan fingerprint density at radius 1 is 0.308 bits per heavy atom. The summed E-state index contributed by atoms with van der Waals surface area (Å²) in [5, 5.41) is 0. The lowest BCUT2D eigenvalue weighted by Gasteiger charge is -1.79. The van der Waals surface area contributed by atoms with Gasteiger partial charge in [0.2, 0.25) is 0 Å². The van der Waals surface area contributed by atoms with Crippen LogP contribution in [0.25, 0.3) is 0 Å². The topological polar surface area (TPSA) is 0 Å². The predicted molar refractivity (Wildman–Crippen MR) is 141 cm³/mol. The molecular formula is C26H72. The van der Waals surface area contributed by atoms with Gasteiger partial charge in [0, 0.05) is 0 Å². The summed E-state index contributed by atoms with van der Waals surface area (Å²) in [6.07, 6.45) is 2.50. The van der Waals surface area contributed by atoms with Gasteiger partial charge >= 0.3 is 0 Å². The monoisotopic (exact) mass is 385 g/mol. The minimum Gasteiger partial charge on any atom is -0.0683 e. The summed E-state index contributed by atoms with van der Waals surface area (Å²) in [5.41, 5.74) is 0. The molecule has 0 rings (SSSR count). The van der Waals surface area contributed by atoms with Crippen molar-refractivity contribution in [3.05, 3.63) is 0 Å². The maximum absolute atomic E-state index is 2.17. The van der Waals surface area contributed by atoms with Gasteiger partial charge in [0.25, 0.3) is 0 Å². The molecule has 0 amide bonds. The van der Waals surface area contributed by atoms with Gasteiger partial charge in [0.15, 0.2) is 0 Å².